The molecule has 7 heteroatoms. The highest BCUT2D eigenvalue weighted by atomic mass is 35.5. The minimum Gasteiger partial charge on any atom is -0.497 e. The molecule has 2 N–H and O–H groups in total. The average molecular weight is 284 g/mol. The van der Waals surface area contributed by atoms with Crippen molar-refractivity contribution in [3.63, 3.8) is 0 Å². The molecule has 0 aliphatic rings. The van der Waals surface area contributed by atoms with Gasteiger partial charge in [0.25, 0.3) is 0 Å². The van der Waals surface area contributed by atoms with Crippen LogP contribution >= 0.6 is 11.6 Å². The molecule has 0 radical (unpaired) electrons. The Labute approximate surface area is 115 Å². The summed E-state index contributed by atoms with van der Waals surface area (Å²) in [5, 5.41) is 0. The number of imidazole rings is 1. The number of hydrogen-bond donors (Lipinski definition) is 1. The predicted octanol–water partition coefficient (Wildman–Crippen LogP) is 1.88. The van der Waals surface area contributed by atoms with Gasteiger partial charge in [-0.25, -0.2) is 9.78 Å². The Kier molecular flexibility index (Phi) is 4.11. The summed E-state index contributed by atoms with van der Waals surface area (Å²) in [7, 11) is 1.60. The first-order valence-electron chi connectivity index (χ1n) is 5.67. The molecule has 0 aliphatic carbocycles. The van der Waals surface area contributed by atoms with Crippen molar-refractivity contribution in [2.45, 2.75) is 12.4 Å². The first kappa shape index (κ1) is 13.5. The lowest BCUT2D eigenvalue weighted by atomic mass is 10.3. The van der Waals surface area contributed by atoms with Crippen LogP contribution in [-0.4, -0.2) is 29.4 Å². The van der Waals surface area contributed by atoms with Crippen molar-refractivity contribution in [3.8, 4) is 5.75 Å². The Morgan fingerprint density at radius 2 is 2.32 bits per heavy atom. The van der Waals surface area contributed by atoms with E-state index >= 15 is 0 Å². The van der Waals surface area contributed by atoms with Crippen molar-refractivity contribution in [1.82, 2.24) is 9.55 Å². The SMILES string of the molecule is COc1ccc2c(c1)nc(CCl)n2CCOC(N)=O. The number of hydrogen-bond acceptors (Lipinski definition) is 4. The van der Waals surface area contributed by atoms with Gasteiger partial charge in [0.05, 0.1) is 30.6 Å². The zero-order valence-corrected chi connectivity index (χ0v) is 11.2. The standard InChI is InChI=1S/C12H14ClN3O3/c1-18-8-2-3-10-9(6-8)15-11(7-13)16(10)4-5-19-12(14)17/h2-3,6H,4-5,7H2,1H3,(H2,14,17). The van der Waals surface area contributed by atoms with Crippen molar-refractivity contribution < 1.29 is 14.3 Å². The molecule has 2 aromatic rings. The highest BCUT2D eigenvalue weighted by molar-refractivity contribution is 6.16. The Bertz CT molecular complexity index is 597. The van der Waals surface area contributed by atoms with Gasteiger partial charge in [-0.3, -0.25) is 0 Å². The number of methoxy groups -OCH3 is 1. The number of rotatable bonds is 5. The molecule has 19 heavy (non-hydrogen) atoms. The van der Waals surface area contributed by atoms with E-state index in [0.29, 0.717) is 12.4 Å². The molecular formula is C12H14ClN3O3. The molecule has 0 spiro atoms. The van der Waals surface area contributed by atoms with E-state index in [0.717, 1.165) is 16.8 Å². The van der Waals surface area contributed by atoms with Crippen LogP contribution in [0.5, 0.6) is 5.75 Å². The second-order valence-corrected chi connectivity index (χ2v) is 4.10. The van der Waals surface area contributed by atoms with E-state index in [4.69, 9.17) is 26.8 Å². The van der Waals surface area contributed by atoms with Crippen molar-refractivity contribution >= 4 is 28.7 Å². The quantitative estimate of drug-likeness (QED) is 0.850. The number of alkyl halides is 1. The van der Waals surface area contributed by atoms with Crippen LogP contribution in [-0.2, 0) is 17.2 Å². The molecule has 0 aliphatic heterocycles. The van der Waals surface area contributed by atoms with E-state index in [1.165, 1.54) is 0 Å². The molecule has 0 fully saturated rings. The lowest BCUT2D eigenvalue weighted by Crippen LogP contribution is -2.17. The molecule has 1 aromatic heterocycles. The lowest BCUT2D eigenvalue weighted by molar-refractivity contribution is 0.152. The van der Waals surface area contributed by atoms with Crippen molar-refractivity contribution in [1.29, 1.82) is 0 Å². The number of aromatic nitrogens is 2. The minimum atomic E-state index is -0.793. The van der Waals surface area contributed by atoms with Crippen LogP contribution in [0.15, 0.2) is 18.2 Å². The molecule has 6 nitrogen and oxygen atoms in total. The molecule has 0 atom stereocenters. The van der Waals surface area contributed by atoms with E-state index in [-0.39, 0.29) is 12.5 Å². The summed E-state index contributed by atoms with van der Waals surface area (Å²) in [6.07, 6.45) is -0.793. The average Bonchev–Trinajstić information content (AvgIpc) is 2.75. The van der Waals surface area contributed by atoms with Crippen LogP contribution < -0.4 is 10.5 Å². The maximum atomic E-state index is 10.6. The molecule has 0 unspecified atom stereocenters. The zero-order valence-electron chi connectivity index (χ0n) is 10.4. The van der Waals surface area contributed by atoms with Gasteiger partial charge >= 0.3 is 6.09 Å². The predicted molar refractivity (Wildman–Crippen MR) is 71.4 cm³/mol. The molecule has 1 aromatic carbocycles. The van der Waals surface area contributed by atoms with E-state index in [1.54, 1.807) is 7.11 Å². The fraction of sp³-hybridized carbons (Fsp3) is 0.333. The highest BCUT2D eigenvalue weighted by Crippen LogP contribution is 2.22. The van der Waals surface area contributed by atoms with Gasteiger partial charge in [-0.05, 0) is 12.1 Å². The zero-order chi connectivity index (χ0) is 13.8. The van der Waals surface area contributed by atoms with Crippen LogP contribution in [0.2, 0.25) is 0 Å². The van der Waals surface area contributed by atoms with E-state index in [9.17, 15) is 4.79 Å². The highest BCUT2D eigenvalue weighted by Gasteiger charge is 2.11. The van der Waals surface area contributed by atoms with E-state index < -0.39 is 6.09 Å². The van der Waals surface area contributed by atoms with Gasteiger partial charge in [0, 0.05) is 6.07 Å². The van der Waals surface area contributed by atoms with E-state index in [1.807, 2.05) is 22.8 Å². The minimum absolute atomic E-state index is 0.177. The van der Waals surface area contributed by atoms with Crippen molar-refractivity contribution in [2.75, 3.05) is 13.7 Å². The van der Waals surface area contributed by atoms with Gasteiger partial charge in [-0.1, -0.05) is 0 Å². The third-order valence-corrected chi connectivity index (χ3v) is 2.95. The second kappa shape index (κ2) is 5.79. The molecule has 1 heterocycles. The van der Waals surface area contributed by atoms with Gasteiger partial charge in [0.1, 0.15) is 18.2 Å². The van der Waals surface area contributed by atoms with Crippen LogP contribution in [0.4, 0.5) is 4.79 Å². The monoisotopic (exact) mass is 283 g/mol. The Morgan fingerprint density at radius 3 is 2.95 bits per heavy atom. The van der Waals surface area contributed by atoms with Gasteiger partial charge in [-0.15, -0.1) is 11.6 Å². The normalized spacial score (nSPS) is 10.6. The second-order valence-electron chi connectivity index (χ2n) is 3.84. The smallest absolute Gasteiger partial charge is 0.404 e. The number of fused-ring (bicyclic) bond motifs is 1. The molecule has 0 saturated heterocycles. The fourth-order valence-electron chi connectivity index (χ4n) is 1.88. The first-order valence-corrected chi connectivity index (χ1v) is 6.20. The maximum Gasteiger partial charge on any atom is 0.404 e. The van der Waals surface area contributed by atoms with Crippen molar-refractivity contribution in [3.05, 3.63) is 24.0 Å². The number of benzene rings is 1. The lowest BCUT2D eigenvalue weighted by Gasteiger charge is -2.07. The van der Waals surface area contributed by atoms with Gasteiger partial charge in [-0.2, -0.15) is 0 Å². The number of ether oxygens (including phenoxy) is 2. The number of nitrogens with two attached hydrogens (primary N) is 1. The van der Waals surface area contributed by atoms with E-state index in [2.05, 4.69) is 4.98 Å². The summed E-state index contributed by atoms with van der Waals surface area (Å²) in [6.45, 7) is 0.629. The van der Waals surface area contributed by atoms with Gasteiger partial charge in [0.2, 0.25) is 0 Å². The van der Waals surface area contributed by atoms with Crippen LogP contribution in [0, 0.1) is 0 Å². The molecule has 102 valence electrons. The number of halogens is 1. The number of carbonyl (C=O) groups is 1. The van der Waals surface area contributed by atoms with Crippen molar-refractivity contribution in [2.24, 2.45) is 5.73 Å². The number of carbonyl (C=O) groups excluding carboxylic acids is 1. The number of amides is 1. The van der Waals surface area contributed by atoms with Gasteiger partial charge in [0.15, 0.2) is 0 Å². The fourth-order valence-corrected chi connectivity index (χ4v) is 2.08. The third kappa shape index (κ3) is 2.90. The topological polar surface area (TPSA) is 79.4 Å². The summed E-state index contributed by atoms with van der Waals surface area (Å²) >= 11 is 5.87. The first-order chi connectivity index (χ1) is 9.15. The summed E-state index contributed by atoms with van der Waals surface area (Å²) in [5.74, 6) is 1.71. The number of nitrogens with zero attached hydrogens (tertiary/aromatic N) is 2. The molecule has 2 rings (SSSR count). The Hall–Kier alpha value is -1.95. The molecule has 1 amide bonds. The maximum absolute atomic E-state index is 10.6. The molecule has 0 saturated carbocycles. The van der Waals surface area contributed by atoms with Crippen LogP contribution in [0.25, 0.3) is 11.0 Å². The Morgan fingerprint density at radius 1 is 1.53 bits per heavy atom. The summed E-state index contributed by atoms with van der Waals surface area (Å²) in [5.41, 5.74) is 6.62. The Balaban J connectivity index is 2.32. The molecular weight excluding hydrogens is 270 g/mol. The summed E-state index contributed by atoms with van der Waals surface area (Å²) in [6, 6.07) is 5.56. The van der Waals surface area contributed by atoms with Gasteiger partial charge < -0.3 is 19.8 Å². The molecule has 0 bridgehead atoms. The summed E-state index contributed by atoms with van der Waals surface area (Å²) < 4.78 is 11.8. The van der Waals surface area contributed by atoms with Crippen LogP contribution in [0.1, 0.15) is 5.82 Å². The third-order valence-electron chi connectivity index (χ3n) is 2.71. The largest absolute Gasteiger partial charge is 0.497 e. The van der Waals surface area contributed by atoms with Crippen LogP contribution in [0.3, 0.4) is 0 Å². The summed E-state index contributed by atoms with van der Waals surface area (Å²) in [4.78, 5) is 15.0. The number of primary amides is 1.